The van der Waals surface area contributed by atoms with E-state index in [1.165, 1.54) is 5.56 Å². The molecule has 0 unspecified atom stereocenters. The van der Waals surface area contributed by atoms with E-state index in [4.69, 9.17) is 0 Å². The number of carbonyl (C=O) groups excluding carboxylic acids is 1. The van der Waals surface area contributed by atoms with E-state index in [2.05, 4.69) is 61.5 Å². The molecule has 1 aromatic carbocycles. The van der Waals surface area contributed by atoms with Gasteiger partial charge >= 0.3 is 0 Å². The first-order valence-corrected chi connectivity index (χ1v) is 8.04. The lowest BCUT2D eigenvalue weighted by molar-refractivity contribution is 0.0947. The standard InChI is InChI=1S/C19H25N3O/c1-13(2)7-9-21-19(23)18-12-16(8-10-20-18)22-17-11-14(3)5-6-15(17)4/h5-6,8,10-13H,7,9H2,1-4H3,(H,20,22)(H,21,23). The van der Waals surface area contributed by atoms with Crippen molar-refractivity contribution in [1.82, 2.24) is 10.3 Å². The highest BCUT2D eigenvalue weighted by molar-refractivity contribution is 5.93. The zero-order valence-corrected chi connectivity index (χ0v) is 14.3. The Bertz CT molecular complexity index is 680. The van der Waals surface area contributed by atoms with Crippen molar-refractivity contribution < 1.29 is 4.79 Å². The summed E-state index contributed by atoms with van der Waals surface area (Å²) in [4.78, 5) is 16.3. The summed E-state index contributed by atoms with van der Waals surface area (Å²) in [6.07, 6.45) is 2.62. The summed E-state index contributed by atoms with van der Waals surface area (Å²) in [6, 6.07) is 9.91. The zero-order valence-electron chi connectivity index (χ0n) is 14.3. The maximum atomic E-state index is 12.2. The van der Waals surface area contributed by atoms with E-state index in [0.717, 1.165) is 23.4 Å². The van der Waals surface area contributed by atoms with Gasteiger partial charge in [0.15, 0.2) is 0 Å². The second-order valence-corrected chi connectivity index (χ2v) is 6.31. The fourth-order valence-electron chi connectivity index (χ4n) is 2.22. The average molecular weight is 311 g/mol. The van der Waals surface area contributed by atoms with Crippen molar-refractivity contribution in [2.24, 2.45) is 5.92 Å². The molecule has 4 heteroatoms. The molecule has 0 saturated heterocycles. The van der Waals surface area contributed by atoms with Crippen LogP contribution in [-0.2, 0) is 0 Å². The van der Waals surface area contributed by atoms with Gasteiger partial charge in [-0.05, 0) is 55.5 Å². The summed E-state index contributed by atoms with van der Waals surface area (Å²) < 4.78 is 0. The summed E-state index contributed by atoms with van der Waals surface area (Å²) >= 11 is 0. The first kappa shape index (κ1) is 17.0. The maximum absolute atomic E-state index is 12.2. The van der Waals surface area contributed by atoms with Crippen molar-refractivity contribution in [3.05, 3.63) is 53.3 Å². The van der Waals surface area contributed by atoms with Crippen molar-refractivity contribution in [2.45, 2.75) is 34.1 Å². The number of benzene rings is 1. The fourth-order valence-corrected chi connectivity index (χ4v) is 2.22. The second-order valence-electron chi connectivity index (χ2n) is 6.31. The lowest BCUT2D eigenvalue weighted by Crippen LogP contribution is -2.26. The van der Waals surface area contributed by atoms with Crippen LogP contribution in [0, 0.1) is 19.8 Å². The van der Waals surface area contributed by atoms with E-state index in [9.17, 15) is 4.79 Å². The Kier molecular flexibility index (Phi) is 5.74. The number of anilines is 2. The van der Waals surface area contributed by atoms with Gasteiger partial charge in [-0.2, -0.15) is 0 Å². The molecule has 122 valence electrons. The van der Waals surface area contributed by atoms with Crippen molar-refractivity contribution in [2.75, 3.05) is 11.9 Å². The van der Waals surface area contributed by atoms with Crippen molar-refractivity contribution >= 4 is 17.3 Å². The Balaban J connectivity index is 2.07. The Morgan fingerprint density at radius 1 is 1.17 bits per heavy atom. The quantitative estimate of drug-likeness (QED) is 0.840. The number of amides is 1. The molecule has 0 radical (unpaired) electrons. The third-order valence-corrected chi connectivity index (χ3v) is 3.67. The van der Waals surface area contributed by atoms with Gasteiger partial charge < -0.3 is 10.6 Å². The molecular weight excluding hydrogens is 286 g/mol. The lowest BCUT2D eigenvalue weighted by atomic mass is 10.1. The first-order chi connectivity index (χ1) is 11.0. The molecule has 2 rings (SSSR count). The van der Waals surface area contributed by atoms with E-state index >= 15 is 0 Å². The Morgan fingerprint density at radius 3 is 2.70 bits per heavy atom. The van der Waals surface area contributed by atoms with Gasteiger partial charge in [0.25, 0.3) is 5.91 Å². The van der Waals surface area contributed by atoms with Crippen molar-refractivity contribution in [3.8, 4) is 0 Å². The molecule has 1 heterocycles. The summed E-state index contributed by atoms with van der Waals surface area (Å²) in [6.45, 7) is 9.07. The highest BCUT2D eigenvalue weighted by Gasteiger charge is 2.08. The number of rotatable bonds is 6. The van der Waals surface area contributed by atoms with Crippen molar-refractivity contribution in [3.63, 3.8) is 0 Å². The molecule has 0 aliphatic rings. The molecular formula is C19H25N3O. The fraction of sp³-hybridized carbons (Fsp3) is 0.368. The highest BCUT2D eigenvalue weighted by Crippen LogP contribution is 2.21. The number of pyridine rings is 1. The van der Waals surface area contributed by atoms with Crippen molar-refractivity contribution in [1.29, 1.82) is 0 Å². The van der Waals surface area contributed by atoms with Gasteiger partial charge in [0.1, 0.15) is 5.69 Å². The maximum Gasteiger partial charge on any atom is 0.269 e. The minimum absolute atomic E-state index is 0.129. The molecule has 23 heavy (non-hydrogen) atoms. The SMILES string of the molecule is Cc1ccc(C)c(Nc2ccnc(C(=O)NCCC(C)C)c2)c1. The Morgan fingerprint density at radius 2 is 1.96 bits per heavy atom. The van der Waals surface area contributed by atoms with Crippen LogP contribution in [0.15, 0.2) is 36.5 Å². The molecule has 0 spiro atoms. The van der Waals surface area contributed by atoms with Gasteiger partial charge in [-0.3, -0.25) is 9.78 Å². The van der Waals surface area contributed by atoms with Crippen LogP contribution in [0.5, 0.6) is 0 Å². The second kappa shape index (κ2) is 7.77. The van der Waals surface area contributed by atoms with Crippen LogP contribution in [0.25, 0.3) is 0 Å². The molecule has 0 aliphatic heterocycles. The number of hydrogen-bond acceptors (Lipinski definition) is 3. The molecule has 0 aliphatic carbocycles. The minimum atomic E-state index is -0.129. The van der Waals surface area contributed by atoms with E-state index in [-0.39, 0.29) is 5.91 Å². The molecule has 2 aromatic rings. The zero-order chi connectivity index (χ0) is 16.8. The third kappa shape index (κ3) is 5.09. The van der Waals surface area contributed by atoms with Crippen LogP contribution in [0.4, 0.5) is 11.4 Å². The summed E-state index contributed by atoms with van der Waals surface area (Å²) in [5, 5.41) is 6.28. The monoisotopic (exact) mass is 311 g/mol. The van der Waals surface area contributed by atoms with Crippen LogP contribution < -0.4 is 10.6 Å². The predicted octanol–water partition coefficient (Wildman–Crippen LogP) is 4.22. The van der Waals surface area contributed by atoms with Crippen LogP contribution in [0.3, 0.4) is 0 Å². The van der Waals surface area contributed by atoms with Gasteiger partial charge in [0, 0.05) is 24.1 Å². The molecule has 0 atom stereocenters. The van der Waals surface area contributed by atoms with E-state index < -0.39 is 0 Å². The summed E-state index contributed by atoms with van der Waals surface area (Å²) in [7, 11) is 0. The summed E-state index contributed by atoms with van der Waals surface area (Å²) in [5.41, 5.74) is 4.70. The van der Waals surface area contributed by atoms with Gasteiger partial charge in [-0.1, -0.05) is 26.0 Å². The number of aromatic nitrogens is 1. The number of nitrogens with one attached hydrogen (secondary N) is 2. The normalized spacial score (nSPS) is 10.7. The third-order valence-electron chi connectivity index (χ3n) is 3.67. The molecule has 1 amide bonds. The highest BCUT2D eigenvalue weighted by atomic mass is 16.1. The van der Waals surface area contributed by atoms with Gasteiger partial charge in [0.05, 0.1) is 0 Å². The number of hydrogen-bond donors (Lipinski definition) is 2. The lowest BCUT2D eigenvalue weighted by Gasteiger charge is -2.12. The van der Waals surface area contributed by atoms with Gasteiger partial charge in [0.2, 0.25) is 0 Å². The molecule has 2 N–H and O–H groups in total. The largest absolute Gasteiger partial charge is 0.355 e. The average Bonchev–Trinajstić information content (AvgIpc) is 2.51. The first-order valence-electron chi connectivity index (χ1n) is 8.04. The van der Waals surface area contributed by atoms with Gasteiger partial charge in [-0.25, -0.2) is 0 Å². The van der Waals surface area contributed by atoms with Crippen LogP contribution in [0.2, 0.25) is 0 Å². The van der Waals surface area contributed by atoms with E-state index in [1.54, 1.807) is 12.3 Å². The summed E-state index contributed by atoms with van der Waals surface area (Å²) in [5.74, 6) is 0.441. The molecule has 0 bridgehead atoms. The number of carbonyl (C=O) groups is 1. The van der Waals surface area contributed by atoms with E-state index in [0.29, 0.717) is 18.2 Å². The number of aryl methyl sites for hydroxylation is 2. The van der Waals surface area contributed by atoms with Crippen LogP contribution in [-0.4, -0.2) is 17.4 Å². The molecule has 0 fully saturated rings. The van der Waals surface area contributed by atoms with E-state index in [1.807, 2.05) is 6.07 Å². The van der Waals surface area contributed by atoms with Gasteiger partial charge in [-0.15, -0.1) is 0 Å². The van der Waals surface area contributed by atoms with Crippen LogP contribution in [0.1, 0.15) is 41.9 Å². The Labute approximate surface area is 138 Å². The predicted molar refractivity (Wildman–Crippen MR) is 95.2 cm³/mol. The number of nitrogens with zero attached hydrogens (tertiary/aromatic N) is 1. The molecule has 1 aromatic heterocycles. The topological polar surface area (TPSA) is 54.0 Å². The molecule has 0 saturated carbocycles. The smallest absolute Gasteiger partial charge is 0.269 e. The minimum Gasteiger partial charge on any atom is -0.355 e. The Hall–Kier alpha value is -2.36. The van der Waals surface area contributed by atoms with Crippen LogP contribution >= 0.6 is 0 Å². The molecule has 4 nitrogen and oxygen atoms in total.